The average molecular weight is 605 g/mol. The maximum atomic E-state index is 14.2. The van der Waals surface area contributed by atoms with Crippen LogP contribution in [0.15, 0.2) is 54.6 Å². The number of carbonyl (C=O) groups excluding carboxylic acids is 1. The normalized spacial score (nSPS) is 18.2. The van der Waals surface area contributed by atoms with E-state index in [9.17, 15) is 27.9 Å². The van der Waals surface area contributed by atoms with Crippen molar-refractivity contribution in [1.29, 1.82) is 0 Å². The van der Waals surface area contributed by atoms with E-state index >= 15 is 0 Å². The number of anilines is 2. The highest BCUT2D eigenvalue weighted by molar-refractivity contribution is 6.30. The summed E-state index contributed by atoms with van der Waals surface area (Å²) in [7, 11) is 1.48. The molecule has 1 saturated carbocycles. The molecule has 0 saturated heterocycles. The molecule has 1 heterocycles. The van der Waals surface area contributed by atoms with Gasteiger partial charge < -0.3 is 29.5 Å². The van der Waals surface area contributed by atoms with Crippen LogP contribution in [0.25, 0.3) is 0 Å². The van der Waals surface area contributed by atoms with E-state index in [2.05, 4.69) is 10.1 Å². The van der Waals surface area contributed by atoms with Crippen molar-refractivity contribution in [3.8, 4) is 17.2 Å². The molecule has 222 valence electrons. The summed E-state index contributed by atoms with van der Waals surface area (Å²) in [5.74, 6) is -1.30. The standard InChI is InChI=1S/C30H28ClF3N2O6/c1-16-9-19(31)4-6-24(16)27(28(37)36-8-7-17-3-5-21(14-26(17)36)42-30(32,33)34)35-20-11-22(40-2)13-23(12-20)41-15-18-10-25(18)29(38)39/h3-6,9,11-14,18,25,27,35H,7-8,10,15H2,1-2H3,(H,38,39)/t18-,25+,27?/m0/s1. The van der Waals surface area contributed by atoms with Gasteiger partial charge in [-0.15, -0.1) is 13.2 Å². The van der Waals surface area contributed by atoms with Gasteiger partial charge in [0.25, 0.3) is 5.91 Å². The number of methoxy groups -OCH3 is 1. The number of halogens is 4. The van der Waals surface area contributed by atoms with Crippen LogP contribution in [0, 0.1) is 18.8 Å². The third kappa shape index (κ3) is 6.67. The molecule has 1 aliphatic carbocycles. The van der Waals surface area contributed by atoms with Crippen LogP contribution in [0.4, 0.5) is 24.5 Å². The summed E-state index contributed by atoms with van der Waals surface area (Å²) < 4.78 is 54.1. The largest absolute Gasteiger partial charge is 0.573 e. The molecule has 3 aromatic carbocycles. The van der Waals surface area contributed by atoms with Gasteiger partial charge in [0, 0.05) is 47.4 Å². The molecule has 8 nitrogen and oxygen atoms in total. The molecule has 3 aromatic rings. The quantitative estimate of drug-likeness (QED) is 0.276. The molecule has 2 N–H and O–H groups in total. The Hall–Kier alpha value is -4.12. The Bertz CT molecular complexity index is 1510. The van der Waals surface area contributed by atoms with Crippen LogP contribution in [-0.2, 0) is 16.0 Å². The Kier molecular flexibility index (Phi) is 8.14. The van der Waals surface area contributed by atoms with E-state index in [0.717, 1.165) is 11.1 Å². The van der Waals surface area contributed by atoms with Crippen molar-refractivity contribution in [2.45, 2.75) is 32.2 Å². The van der Waals surface area contributed by atoms with Crippen LogP contribution in [0.2, 0.25) is 5.02 Å². The molecule has 0 spiro atoms. The van der Waals surface area contributed by atoms with Gasteiger partial charge in [0.15, 0.2) is 0 Å². The van der Waals surface area contributed by atoms with Gasteiger partial charge in [-0.25, -0.2) is 0 Å². The molecule has 1 aliphatic heterocycles. The fourth-order valence-electron chi connectivity index (χ4n) is 5.14. The lowest BCUT2D eigenvalue weighted by atomic mass is 9.99. The summed E-state index contributed by atoms with van der Waals surface area (Å²) in [6.45, 7) is 2.30. The number of carboxylic acid groups (broad SMARTS) is 1. The third-order valence-electron chi connectivity index (χ3n) is 7.37. The van der Waals surface area contributed by atoms with Gasteiger partial charge in [-0.2, -0.15) is 0 Å². The van der Waals surface area contributed by atoms with Crippen molar-refractivity contribution in [2.24, 2.45) is 11.8 Å². The first-order valence-electron chi connectivity index (χ1n) is 13.2. The minimum Gasteiger partial charge on any atom is -0.497 e. The number of aliphatic carboxylic acids is 1. The number of rotatable bonds is 10. The lowest BCUT2D eigenvalue weighted by Gasteiger charge is -2.27. The highest BCUT2D eigenvalue weighted by Gasteiger charge is 2.43. The third-order valence-corrected chi connectivity index (χ3v) is 7.61. The maximum absolute atomic E-state index is 14.2. The van der Waals surface area contributed by atoms with E-state index in [-0.39, 0.29) is 19.1 Å². The van der Waals surface area contributed by atoms with Crippen LogP contribution >= 0.6 is 11.6 Å². The van der Waals surface area contributed by atoms with Crippen molar-refractivity contribution in [1.82, 2.24) is 0 Å². The van der Waals surface area contributed by atoms with Crippen LogP contribution in [0.3, 0.4) is 0 Å². The second-order valence-corrected chi connectivity index (χ2v) is 10.7. The first kappa shape index (κ1) is 29.4. The van der Waals surface area contributed by atoms with Gasteiger partial charge in [0.1, 0.15) is 23.3 Å². The van der Waals surface area contributed by atoms with Gasteiger partial charge in [-0.1, -0.05) is 23.7 Å². The number of ether oxygens (including phenoxy) is 3. The fourth-order valence-corrected chi connectivity index (χ4v) is 5.36. The van der Waals surface area contributed by atoms with Crippen molar-refractivity contribution in [2.75, 3.05) is 30.5 Å². The zero-order valence-corrected chi connectivity index (χ0v) is 23.5. The molecule has 2 aliphatic rings. The summed E-state index contributed by atoms with van der Waals surface area (Å²) in [4.78, 5) is 26.8. The number of fused-ring (bicyclic) bond motifs is 1. The lowest BCUT2D eigenvalue weighted by Crippen LogP contribution is -2.37. The maximum Gasteiger partial charge on any atom is 0.573 e. The first-order chi connectivity index (χ1) is 19.9. The lowest BCUT2D eigenvalue weighted by molar-refractivity contribution is -0.274. The molecule has 5 rings (SSSR count). The number of carbonyl (C=O) groups is 2. The van der Waals surface area contributed by atoms with E-state index in [1.165, 1.54) is 30.2 Å². The van der Waals surface area contributed by atoms with Crippen molar-refractivity contribution < 1.29 is 42.1 Å². The average Bonchev–Trinajstić information content (AvgIpc) is 3.60. The van der Waals surface area contributed by atoms with E-state index in [1.807, 2.05) is 6.92 Å². The first-order valence-corrected chi connectivity index (χ1v) is 13.6. The van der Waals surface area contributed by atoms with Crippen molar-refractivity contribution >= 4 is 34.9 Å². The summed E-state index contributed by atoms with van der Waals surface area (Å²) in [6, 6.07) is 13.2. The molecule has 1 unspecified atom stereocenters. The molecular weight excluding hydrogens is 577 g/mol. The number of alkyl halides is 3. The summed E-state index contributed by atoms with van der Waals surface area (Å²) in [6.07, 6.45) is -3.86. The van der Waals surface area contributed by atoms with Crippen LogP contribution in [0.5, 0.6) is 17.2 Å². The van der Waals surface area contributed by atoms with E-state index < -0.39 is 35.9 Å². The Morgan fingerprint density at radius 1 is 1.10 bits per heavy atom. The smallest absolute Gasteiger partial charge is 0.497 e. The zero-order valence-electron chi connectivity index (χ0n) is 22.7. The zero-order chi connectivity index (χ0) is 30.2. The summed E-state index contributed by atoms with van der Waals surface area (Å²) >= 11 is 6.19. The van der Waals surface area contributed by atoms with Gasteiger partial charge in [0.2, 0.25) is 0 Å². The SMILES string of the molecule is COc1cc(NC(C(=O)N2CCc3ccc(OC(F)(F)F)cc32)c2ccc(Cl)cc2C)cc(OC[C@@H]2C[C@H]2C(=O)O)c1. The predicted molar refractivity (Wildman–Crippen MR) is 149 cm³/mol. The number of benzene rings is 3. The molecule has 0 radical (unpaired) electrons. The minimum atomic E-state index is -4.87. The summed E-state index contributed by atoms with van der Waals surface area (Å²) in [5.41, 5.74) is 2.90. The van der Waals surface area contributed by atoms with E-state index in [0.29, 0.717) is 46.3 Å². The van der Waals surface area contributed by atoms with Crippen LogP contribution in [0.1, 0.15) is 29.2 Å². The van der Waals surface area contributed by atoms with Crippen LogP contribution in [-0.4, -0.2) is 43.6 Å². The second-order valence-electron chi connectivity index (χ2n) is 10.3. The Morgan fingerprint density at radius 3 is 2.52 bits per heavy atom. The van der Waals surface area contributed by atoms with E-state index in [1.54, 1.807) is 36.4 Å². The van der Waals surface area contributed by atoms with Gasteiger partial charge >= 0.3 is 12.3 Å². The molecule has 0 bridgehead atoms. The van der Waals surface area contributed by atoms with Gasteiger partial charge in [-0.05, 0) is 54.7 Å². The van der Waals surface area contributed by atoms with Gasteiger partial charge in [0.05, 0.1) is 25.3 Å². The number of carboxylic acids is 1. The number of aryl methyl sites for hydroxylation is 1. The molecule has 1 amide bonds. The highest BCUT2D eigenvalue weighted by atomic mass is 35.5. The van der Waals surface area contributed by atoms with Crippen molar-refractivity contribution in [3.63, 3.8) is 0 Å². The molecular formula is C30H28ClF3N2O6. The molecule has 12 heteroatoms. The van der Waals surface area contributed by atoms with E-state index in [4.69, 9.17) is 21.1 Å². The predicted octanol–water partition coefficient (Wildman–Crippen LogP) is 6.40. The van der Waals surface area contributed by atoms with Crippen molar-refractivity contribution in [3.05, 3.63) is 76.3 Å². The van der Waals surface area contributed by atoms with Gasteiger partial charge in [-0.3, -0.25) is 9.59 Å². The Balaban J connectivity index is 1.45. The molecule has 1 fully saturated rings. The summed E-state index contributed by atoms with van der Waals surface area (Å²) in [5, 5.41) is 12.9. The molecule has 0 aromatic heterocycles. The number of nitrogens with one attached hydrogen (secondary N) is 1. The Morgan fingerprint density at radius 2 is 1.86 bits per heavy atom. The topological polar surface area (TPSA) is 97.3 Å². The number of hydrogen-bond donors (Lipinski definition) is 2. The monoisotopic (exact) mass is 604 g/mol. The fraction of sp³-hybridized carbons (Fsp3) is 0.333. The number of nitrogens with zero attached hydrogens (tertiary/aromatic N) is 1. The highest BCUT2D eigenvalue weighted by Crippen LogP contribution is 2.40. The number of hydrogen-bond acceptors (Lipinski definition) is 6. The van der Waals surface area contributed by atoms with Crippen LogP contribution < -0.4 is 24.4 Å². The Labute approximate surface area is 244 Å². The molecule has 42 heavy (non-hydrogen) atoms. The second kappa shape index (κ2) is 11.6. The minimum absolute atomic E-state index is 0.0856. The molecule has 3 atom stereocenters. The number of amides is 1.